The van der Waals surface area contributed by atoms with Gasteiger partial charge in [-0.15, -0.1) is 0 Å². The molecule has 3 rings (SSSR count). The average molecular weight is 366 g/mol. The predicted molar refractivity (Wildman–Crippen MR) is 101 cm³/mol. The highest BCUT2D eigenvalue weighted by Gasteiger charge is 2.13. The number of rotatable bonds is 6. The van der Waals surface area contributed by atoms with E-state index in [0.29, 0.717) is 35.1 Å². The van der Waals surface area contributed by atoms with Crippen LogP contribution in [-0.2, 0) is 4.74 Å². The minimum Gasteiger partial charge on any atom is -0.379 e. The second kappa shape index (κ2) is 9.07. The fraction of sp³-hybridized carbons (Fsp3) is 0.368. The third kappa shape index (κ3) is 5.23. The van der Waals surface area contributed by atoms with Crippen LogP contribution in [0.5, 0.6) is 0 Å². The molecule has 0 atom stereocenters. The largest absolute Gasteiger partial charge is 0.379 e. The van der Waals surface area contributed by atoms with Gasteiger partial charge in [0.15, 0.2) is 0 Å². The van der Waals surface area contributed by atoms with E-state index in [4.69, 9.17) is 4.74 Å². The van der Waals surface area contributed by atoms with Crippen LogP contribution in [-0.4, -0.2) is 60.2 Å². The van der Waals surface area contributed by atoms with Crippen LogP contribution in [0.3, 0.4) is 0 Å². The van der Waals surface area contributed by atoms with E-state index in [0.717, 1.165) is 32.8 Å². The van der Waals surface area contributed by atoms with E-state index >= 15 is 0 Å². The molecule has 27 heavy (non-hydrogen) atoms. The molecule has 0 spiro atoms. The van der Waals surface area contributed by atoms with Gasteiger partial charge in [-0.05, 0) is 19.1 Å². The van der Waals surface area contributed by atoms with Crippen molar-refractivity contribution >= 4 is 17.4 Å². The third-order valence-electron chi connectivity index (χ3n) is 4.20. The summed E-state index contributed by atoms with van der Waals surface area (Å²) in [4.78, 5) is 23.2. The number of ether oxygens (including phenoxy) is 1. The Morgan fingerprint density at radius 1 is 1.30 bits per heavy atom. The number of amides is 1. The lowest BCUT2D eigenvalue weighted by Crippen LogP contribution is -2.41. The van der Waals surface area contributed by atoms with Crippen LogP contribution in [0.25, 0.3) is 0 Å². The maximum atomic E-state index is 12.4. The van der Waals surface area contributed by atoms with Gasteiger partial charge in [0.25, 0.3) is 5.91 Å². The first-order valence-electron chi connectivity index (χ1n) is 8.86. The van der Waals surface area contributed by atoms with E-state index in [9.17, 15) is 10.1 Å². The molecule has 1 amide bonds. The van der Waals surface area contributed by atoms with E-state index in [-0.39, 0.29) is 5.91 Å². The molecule has 2 heterocycles. The summed E-state index contributed by atoms with van der Waals surface area (Å²) in [5.74, 6) is 0.710. The van der Waals surface area contributed by atoms with Crippen LogP contribution in [0, 0.1) is 18.3 Å². The van der Waals surface area contributed by atoms with Gasteiger partial charge in [-0.1, -0.05) is 12.1 Å². The van der Waals surface area contributed by atoms with Crippen molar-refractivity contribution in [1.82, 2.24) is 20.2 Å². The Kier molecular flexibility index (Phi) is 6.30. The molecule has 140 valence electrons. The highest BCUT2D eigenvalue weighted by Crippen LogP contribution is 2.19. The second-order valence-electron chi connectivity index (χ2n) is 6.18. The van der Waals surface area contributed by atoms with Gasteiger partial charge in [-0.2, -0.15) is 5.26 Å². The molecular weight excluding hydrogens is 344 g/mol. The molecule has 8 heteroatoms. The normalized spacial score (nSPS) is 14.4. The summed E-state index contributed by atoms with van der Waals surface area (Å²) in [6.07, 6.45) is 0. The van der Waals surface area contributed by atoms with Crippen LogP contribution in [0.15, 0.2) is 30.3 Å². The van der Waals surface area contributed by atoms with Gasteiger partial charge in [-0.3, -0.25) is 9.69 Å². The van der Waals surface area contributed by atoms with Crippen LogP contribution < -0.4 is 10.6 Å². The van der Waals surface area contributed by atoms with Gasteiger partial charge in [0.1, 0.15) is 23.4 Å². The van der Waals surface area contributed by atoms with Gasteiger partial charge in [0.2, 0.25) is 0 Å². The Morgan fingerprint density at radius 2 is 2.07 bits per heavy atom. The van der Waals surface area contributed by atoms with E-state index in [1.165, 1.54) is 0 Å². The molecule has 2 aromatic rings. The number of nitrogens with one attached hydrogen (secondary N) is 2. The van der Waals surface area contributed by atoms with Crippen molar-refractivity contribution in [3.8, 4) is 6.07 Å². The van der Waals surface area contributed by atoms with Crippen molar-refractivity contribution in [2.24, 2.45) is 0 Å². The smallest absolute Gasteiger partial charge is 0.270 e. The molecular formula is C19H22N6O2. The topological polar surface area (TPSA) is 103 Å². The number of benzene rings is 1. The molecule has 0 saturated carbocycles. The summed E-state index contributed by atoms with van der Waals surface area (Å²) in [7, 11) is 0. The fourth-order valence-corrected chi connectivity index (χ4v) is 2.82. The fourth-order valence-electron chi connectivity index (χ4n) is 2.82. The van der Waals surface area contributed by atoms with E-state index < -0.39 is 0 Å². The predicted octanol–water partition coefficient (Wildman–Crippen LogP) is 1.46. The van der Waals surface area contributed by atoms with Crippen molar-refractivity contribution < 1.29 is 9.53 Å². The quantitative estimate of drug-likeness (QED) is 0.798. The van der Waals surface area contributed by atoms with Gasteiger partial charge < -0.3 is 15.4 Å². The molecule has 0 radical (unpaired) electrons. The number of carbonyl (C=O) groups is 1. The summed E-state index contributed by atoms with van der Waals surface area (Å²) < 4.78 is 5.32. The highest BCUT2D eigenvalue weighted by atomic mass is 16.5. The molecule has 8 nitrogen and oxygen atoms in total. The number of para-hydroxylation sites is 1. The maximum Gasteiger partial charge on any atom is 0.270 e. The second-order valence-corrected chi connectivity index (χ2v) is 6.18. The lowest BCUT2D eigenvalue weighted by atomic mass is 10.2. The Morgan fingerprint density at radius 3 is 2.85 bits per heavy atom. The Hall–Kier alpha value is -3.02. The summed E-state index contributed by atoms with van der Waals surface area (Å²) in [6, 6.07) is 10.8. The number of aromatic nitrogens is 2. The van der Waals surface area contributed by atoms with Gasteiger partial charge in [0.05, 0.1) is 24.5 Å². The van der Waals surface area contributed by atoms with Gasteiger partial charge in [0, 0.05) is 32.2 Å². The number of aryl methyl sites for hydroxylation is 1. The van der Waals surface area contributed by atoms with Gasteiger partial charge in [-0.25, -0.2) is 9.97 Å². The molecule has 1 fully saturated rings. The van der Waals surface area contributed by atoms with Crippen LogP contribution in [0.4, 0.5) is 11.5 Å². The van der Waals surface area contributed by atoms with E-state index in [1.807, 2.05) is 6.07 Å². The number of morpholine rings is 1. The lowest BCUT2D eigenvalue weighted by molar-refractivity contribution is 0.0383. The molecule has 1 saturated heterocycles. The number of nitriles is 1. The minimum atomic E-state index is -0.245. The summed E-state index contributed by atoms with van der Waals surface area (Å²) in [5.41, 5.74) is 1.43. The van der Waals surface area contributed by atoms with Crippen molar-refractivity contribution in [1.29, 1.82) is 5.26 Å². The first-order chi connectivity index (χ1) is 13.2. The first-order valence-corrected chi connectivity index (χ1v) is 8.86. The van der Waals surface area contributed by atoms with Crippen LogP contribution in [0.1, 0.15) is 21.9 Å². The summed E-state index contributed by atoms with van der Waals surface area (Å²) in [6.45, 7) is 6.29. The number of anilines is 2. The molecule has 1 aromatic heterocycles. The van der Waals surface area contributed by atoms with Crippen molar-refractivity contribution in [2.45, 2.75) is 6.92 Å². The number of carbonyl (C=O) groups excluding carboxylic acids is 1. The van der Waals surface area contributed by atoms with Crippen molar-refractivity contribution in [3.05, 3.63) is 47.4 Å². The van der Waals surface area contributed by atoms with E-state index in [2.05, 4.69) is 31.6 Å². The van der Waals surface area contributed by atoms with Crippen molar-refractivity contribution in [2.75, 3.05) is 44.7 Å². The SMILES string of the molecule is Cc1nc(Nc2ccccc2C#N)cc(C(=O)NCCN2CCOCC2)n1. The minimum absolute atomic E-state index is 0.245. The molecule has 2 N–H and O–H groups in total. The molecule has 0 bridgehead atoms. The average Bonchev–Trinajstić information content (AvgIpc) is 2.68. The number of hydrogen-bond acceptors (Lipinski definition) is 7. The molecule has 1 aromatic carbocycles. The monoisotopic (exact) mass is 366 g/mol. The standard InChI is InChI=1S/C19H22N6O2/c1-14-22-17(19(26)21-6-7-25-8-10-27-11-9-25)12-18(23-14)24-16-5-3-2-4-15(16)13-20/h2-5,12H,6-11H2,1H3,(H,21,26)(H,22,23,24). The highest BCUT2D eigenvalue weighted by molar-refractivity contribution is 5.93. The molecule has 0 aliphatic carbocycles. The first kappa shape index (κ1) is 18.8. The Labute approximate surface area is 158 Å². The zero-order valence-electron chi connectivity index (χ0n) is 15.2. The third-order valence-corrected chi connectivity index (χ3v) is 4.20. The van der Waals surface area contributed by atoms with Crippen molar-refractivity contribution in [3.63, 3.8) is 0 Å². The summed E-state index contributed by atoms with van der Waals surface area (Å²) in [5, 5.41) is 15.2. The molecule has 1 aliphatic heterocycles. The summed E-state index contributed by atoms with van der Waals surface area (Å²) >= 11 is 0. The van der Waals surface area contributed by atoms with Gasteiger partial charge >= 0.3 is 0 Å². The zero-order chi connectivity index (χ0) is 19.1. The van der Waals surface area contributed by atoms with Crippen LogP contribution in [0.2, 0.25) is 0 Å². The zero-order valence-corrected chi connectivity index (χ0v) is 15.2. The number of hydrogen-bond donors (Lipinski definition) is 2. The Balaban J connectivity index is 1.63. The molecule has 0 unspecified atom stereocenters. The molecule has 1 aliphatic rings. The number of nitrogens with zero attached hydrogens (tertiary/aromatic N) is 4. The lowest BCUT2D eigenvalue weighted by Gasteiger charge is -2.26. The van der Waals surface area contributed by atoms with Crippen LogP contribution >= 0.6 is 0 Å². The maximum absolute atomic E-state index is 12.4. The van der Waals surface area contributed by atoms with E-state index in [1.54, 1.807) is 31.2 Å². The Bertz CT molecular complexity index is 842.